The third-order valence-corrected chi connectivity index (χ3v) is 4.62. The maximum absolute atomic E-state index is 6.11. The van der Waals surface area contributed by atoms with E-state index in [9.17, 15) is 0 Å². The van der Waals surface area contributed by atoms with Gasteiger partial charge in [0, 0.05) is 12.7 Å². The molecule has 0 aromatic carbocycles. The number of thiazole rings is 1. The van der Waals surface area contributed by atoms with Crippen LogP contribution in [0.1, 0.15) is 51.8 Å². The Balaban J connectivity index is 1.84. The lowest BCUT2D eigenvalue weighted by Gasteiger charge is -2.38. The number of ether oxygens (including phenoxy) is 1. The Labute approximate surface area is 120 Å². The molecule has 2 rings (SSSR count). The first-order valence-corrected chi connectivity index (χ1v) is 8.10. The number of hydrogen-bond acceptors (Lipinski definition) is 4. The highest BCUT2D eigenvalue weighted by Gasteiger charge is 2.32. The van der Waals surface area contributed by atoms with Gasteiger partial charge < -0.3 is 10.1 Å². The lowest BCUT2D eigenvalue weighted by atomic mass is 9.71. The van der Waals surface area contributed by atoms with Crippen LogP contribution in [0.2, 0.25) is 0 Å². The molecule has 1 aromatic heterocycles. The monoisotopic (exact) mass is 282 g/mol. The largest absolute Gasteiger partial charge is 0.373 e. The van der Waals surface area contributed by atoms with Gasteiger partial charge in [0.25, 0.3) is 0 Å². The maximum Gasteiger partial charge on any atom is 0.182 e. The van der Waals surface area contributed by atoms with Crippen molar-refractivity contribution in [2.24, 2.45) is 11.3 Å². The van der Waals surface area contributed by atoms with Gasteiger partial charge in [-0.05, 0) is 37.5 Å². The lowest BCUT2D eigenvalue weighted by Crippen LogP contribution is -2.32. The second kappa shape index (κ2) is 6.23. The van der Waals surface area contributed by atoms with Crippen LogP contribution < -0.4 is 5.32 Å². The summed E-state index contributed by atoms with van der Waals surface area (Å²) in [6, 6.07) is 0. The fraction of sp³-hybridized carbons (Fsp3) is 0.800. The van der Waals surface area contributed by atoms with E-state index < -0.39 is 0 Å². The molecular weight excluding hydrogens is 256 g/mol. The van der Waals surface area contributed by atoms with Crippen molar-refractivity contribution in [3.05, 3.63) is 11.1 Å². The second-order valence-corrected chi connectivity index (χ2v) is 7.62. The summed E-state index contributed by atoms with van der Waals surface area (Å²) in [4.78, 5) is 5.56. The van der Waals surface area contributed by atoms with Crippen LogP contribution in [-0.2, 0) is 11.3 Å². The first-order valence-electron chi connectivity index (χ1n) is 7.28. The minimum Gasteiger partial charge on any atom is -0.373 e. The van der Waals surface area contributed by atoms with Gasteiger partial charge in [0.15, 0.2) is 5.13 Å². The zero-order valence-corrected chi connectivity index (χ0v) is 13.3. The Morgan fingerprint density at radius 2 is 2.26 bits per heavy atom. The maximum atomic E-state index is 6.11. The van der Waals surface area contributed by atoms with Crippen LogP contribution in [0.5, 0.6) is 0 Å². The summed E-state index contributed by atoms with van der Waals surface area (Å²) in [5, 5.41) is 4.24. The third kappa shape index (κ3) is 4.46. The molecule has 0 aliphatic heterocycles. The van der Waals surface area contributed by atoms with Crippen molar-refractivity contribution in [2.45, 2.75) is 59.7 Å². The normalized spacial score (nSPS) is 26.3. The minimum atomic E-state index is 0.406. The van der Waals surface area contributed by atoms with E-state index in [0.717, 1.165) is 17.6 Å². The fourth-order valence-corrected chi connectivity index (χ4v) is 4.00. The number of nitrogens with one attached hydrogen (secondary N) is 1. The predicted octanol–water partition coefficient (Wildman–Crippen LogP) is 4.31. The smallest absolute Gasteiger partial charge is 0.182 e. The van der Waals surface area contributed by atoms with Crippen molar-refractivity contribution >= 4 is 16.5 Å². The summed E-state index contributed by atoms with van der Waals surface area (Å²) in [5.41, 5.74) is 0.422. The highest BCUT2D eigenvalue weighted by atomic mass is 32.1. The van der Waals surface area contributed by atoms with Gasteiger partial charge in [-0.15, -0.1) is 0 Å². The van der Waals surface area contributed by atoms with Crippen LogP contribution in [0.25, 0.3) is 0 Å². The third-order valence-electron chi connectivity index (χ3n) is 3.69. The van der Waals surface area contributed by atoms with Gasteiger partial charge in [-0.3, -0.25) is 0 Å². The van der Waals surface area contributed by atoms with Crippen molar-refractivity contribution in [2.75, 3.05) is 11.9 Å². The van der Waals surface area contributed by atoms with Gasteiger partial charge in [0.05, 0.1) is 17.6 Å². The lowest BCUT2D eigenvalue weighted by molar-refractivity contribution is -0.0307. The number of hydrogen-bond donors (Lipinski definition) is 1. The molecule has 1 N–H and O–H groups in total. The van der Waals surface area contributed by atoms with E-state index >= 15 is 0 Å². The standard InChI is InChI=1S/C15H26N2OS/c1-5-16-14-17-9-13(19-14)10-18-12-6-11(2)7-15(3,4)8-12/h9,11-12H,5-8,10H2,1-4H3,(H,16,17). The highest BCUT2D eigenvalue weighted by molar-refractivity contribution is 7.15. The molecule has 0 saturated heterocycles. The molecule has 0 amide bonds. The first kappa shape index (κ1) is 14.8. The van der Waals surface area contributed by atoms with Gasteiger partial charge >= 0.3 is 0 Å². The van der Waals surface area contributed by atoms with Crippen LogP contribution in [0.3, 0.4) is 0 Å². The Hall–Kier alpha value is -0.610. The SMILES string of the molecule is CCNc1ncc(COC2CC(C)CC(C)(C)C2)s1. The van der Waals surface area contributed by atoms with Crippen molar-refractivity contribution in [1.29, 1.82) is 0 Å². The molecule has 19 heavy (non-hydrogen) atoms. The number of rotatable bonds is 5. The topological polar surface area (TPSA) is 34.2 Å². The Morgan fingerprint density at radius 3 is 2.95 bits per heavy atom. The number of anilines is 1. The van der Waals surface area contributed by atoms with Crippen molar-refractivity contribution < 1.29 is 4.74 Å². The van der Waals surface area contributed by atoms with Gasteiger partial charge in [-0.1, -0.05) is 32.1 Å². The molecule has 0 bridgehead atoms. The molecule has 1 fully saturated rings. The average Bonchev–Trinajstić information content (AvgIpc) is 2.72. The summed E-state index contributed by atoms with van der Waals surface area (Å²) in [6.07, 6.45) is 6.03. The molecular formula is C15H26N2OS. The minimum absolute atomic E-state index is 0.406. The van der Waals surface area contributed by atoms with Gasteiger partial charge in [0.1, 0.15) is 0 Å². The zero-order valence-electron chi connectivity index (χ0n) is 12.5. The Morgan fingerprint density at radius 1 is 1.47 bits per heavy atom. The molecule has 0 spiro atoms. The first-order chi connectivity index (χ1) is 8.98. The molecule has 1 heterocycles. The summed E-state index contributed by atoms with van der Waals surface area (Å²) in [6.45, 7) is 10.8. The average molecular weight is 282 g/mol. The Bertz CT molecular complexity index is 403. The van der Waals surface area contributed by atoms with E-state index in [4.69, 9.17) is 4.74 Å². The predicted molar refractivity (Wildman–Crippen MR) is 81.7 cm³/mol. The van der Waals surface area contributed by atoms with Gasteiger partial charge in [-0.25, -0.2) is 4.98 Å². The molecule has 4 heteroatoms. The van der Waals surface area contributed by atoms with E-state index in [1.165, 1.54) is 24.1 Å². The van der Waals surface area contributed by atoms with Crippen LogP contribution in [-0.4, -0.2) is 17.6 Å². The van der Waals surface area contributed by atoms with Crippen molar-refractivity contribution in [3.63, 3.8) is 0 Å². The van der Waals surface area contributed by atoms with E-state index in [1.807, 2.05) is 6.20 Å². The molecule has 2 atom stereocenters. The second-order valence-electron chi connectivity index (χ2n) is 6.51. The number of nitrogens with zero attached hydrogens (tertiary/aromatic N) is 1. The quantitative estimate of drug-likeness (QED) is 0.874. The van der Waals surface area contributed by atoms with Crippen LogP contribution in [0.15, 0.2) is 6.20 Å². The van der Waals surface area contributed by atoms with Crippen molar-refractivity contribution in [1.82, 2.24) is 4.98 Å². The summed E-state index contributed by atoms with van der Waals surface area (Å²) in [7, 11) is 0. The van der Waals surface area contributed by atoms with Gasteiger partial charge in [-0.2, -0.15) is 0 Å². The van der Waals surface area contributed by atoms with E-state index in [-0.39, 0.29) is 0 Å². The molecule has 1 aliphatic rings. The van der Waals surface area contributed by atoms with Crippen LogP contribution >= 0.6 is 11.3 Å². The molecule has 1 aromatic rings. The van der Waals surface area contributed by atoms with E-state index in [0.29, 0.717) is 18.1 Å². The van der Waals surface area contributed by atoms with Crippen LogP contribution in [0.4, 0.5) is 5.13 Å². The summed E-state index contributed by atoms with van der Waals surface area (Å²) >= 11 is 1.70. The molecule has 1 aliphatic carbocycles. The number of aromatic nitrogens is 1. The fourth-order valence-electron chi connectivity index (χ4n) is 3.19. The molecule has 1 saturated carbocycles. The van der Waals surface area contributed by atoms with Gasteiger partial charge in [0.2, 0.25) is 0 Å². The summed E-state index contributed by atoms with van der Waals surface area (Å²) in [5.74, 6) is 0.771. The van der Waals surface area contributed by atoms with Crippen LogP contribution in [0, 0.1) is 11.3 Å². The Kier molecular flexibility index (Phi) is 4.85. The zero-order chi connectivity index (χ0) is 13.9. The summed E-state index contributed by atoms with van der Waals surface area (Å²) < 4.78 is 6.11. The van der Waals surface area contributed by atoms with E-state index in [1.54, 1.807) is 11.3 Å². The molecule has 0 radical (unpaired) electrons. The highest BCUT2D eigenvalue weighted by Crippen LogP contribution is 2.40. The van der Waals surface area contributed by atoms with E-state index in [2.05, 4.69) is 38.0 Å². The molecule has 3 nitrogen and oxygen atoms in total. The molecule has 108 valence electrons. The molecule has 2 unspecified atom stereocenters. The van der Waals surface area contributed by atoms with Crippen molar-refractivity contribution in [3.8, 4) is 0 Å².